The molecule has 2 rings (SSSR count). The topological polar surface area (TPSA) is 55.6 Å². The first-order valence-corrected chi connectivity index (χ1v) is 6.85. The van der Waals surface area contributed by atoms with Gasteiger partial charge in [-0.1, -0.05) is 0 Å². The molecule has 0 atom stereocenters. The van der Waals surface area contributed by atoms with Gasteiger partial charge in [0, 0.05) is 16.6 Å². The molecule has 0 aliphatic carbocycles. The molecule has 0 spiro atoms. The van der Waals surface area contributed by atoms with Crippen LogP contribution in [0.2, 0.25) is 0 Å². The van der Waals surface area contributed by atoms with E-state index in [-0.39, 0.29) is 5.54 Å². The highest BCUT2D eigenvalue weighted by Crippen LogP contribution is 2.09. The van der Waals surface area contributed by atoms with E-state index in [0.717, 1.165) is 16.5 Å². The van der Waals surface area contributed by atoms with Crippen molar-refractivity contribution >= 4 is 11.3 Å². The van der Waals surface area contributed by atoms with Gasteiger partial charge in [0.05, 0.1) is 13.1 Å². The average Bonchev–Trinajstić information content (AvgIpc) is 2.85. The average molecular weight is 265 g/mol. The van der Waals surface area contributed by atoms with E-state index in [0.29, 0.717) is 13.1 Å². The minimum absolute atomic E-state index is 0.0812. The van der Waals surface area contributed by atoms with Gasteiger partial charge in [0.25, 0.3) is 0 Å². The zero-order valence-corrected chi connectivity index (χ0v) is 12.1. The van der Waals surface area contributed by atoms with Gasteiger partial charge in [-0.25, -0.2) is 14.6 Å². The summed E-state index contributed by atoms with van der Waals surface area (Å²) in [6.07, 6.45) is 1.76. The summed E-state index contributed by atoms with van der Waals surface area (Å²) >= 11 is 1.66. The van der Waals surface area contributed by atoms with Gasteiger partial charge in [0.15, 0.2) is 5.82 Å². The molecule has 0 aliphatic heterocycles. The molecule has 1 N–H and O–H groups in total. The number of aromatic nitrogens is 4. The molecule has 2 aromatic heterocycles. The van der Waals surface area contributed by atoms with E-state index in [1.54, 1.807) is 17.7 Å². The van der Waals surface area contributed by atoms with Crippen molar-refractivity contribution in [3.05, 3.63) is 28.2 Å². The molecule has 0 amide bonds. The van der Waals surface area contributed by atoms with Crippen molar-refractivity contribution < 1.29 is 0 Å². The fourth-order valence-electron chi connectivity index (χ4n) is 1.45. The lowest BCUT2D eigenvalue weighted by Gasteiger charge is -2.19. The predicted molar refractivity (Wildman–Crippen MR) is 72.6 cm³/mol. The normalized spacial score (nSPS) is 12.0. The van der Waals surface area contributed by atoms with E-state index in [2.05, 4.69) is 41.2 Å². The minimum Gasteiger partial charge on any atom is -0.305 e. The summed E-state index contributed by atoms with van der Waals surface area (Å²) in [6.45, 7) is 9.77. The maximum absolute atomic E-state index is 4.43. The van der Waals surface area contributed by atoms with Crippen molar-refractivity contribution in [2.45, 2.75) is 46.3 Å². The molecule has 0 bridgehead atoms. The third-order valence-electron chi connectivity index (χ3n) is 2.32. The Morgan fingerprint density at radius 1 is 1.39 bits per heavy atom. The molecule has 0 saturated carbocycles. The van der Waals surface area contributed by atoms with Crippen LogP contribution in [0.1, 0.15) is 37.3 Å². The summed E-state index contributed by atoms with van der Waals surface area (Å²) in [6, 6.07) is 0. The number of hydrogen-bond donors (Lipinski definition) is 1. The molecule has 6 heteroatoms. The molecule has 0 fully saturated rings. The van der Waals surface area contributed by atoms with Gasteiger partial charge in [0.2, 0.25) is 0 Å². The molecule has 2 aromatic rings. The van der Waals surface area contributed by atoms with Crippen LogP contribution >= 0.6 is 11.3 Å². The zero-order chi connectivity index (χ0) is 13.2. The first-order valence-electron chi connectivity index (χ1n) is 5.97. The third-order valence-corrected chi connectivity index (χ3v) is 3.28. The molecule has 98 valence electrons. The monoisotopic (exact) mass is 265 g/mol. The fraction of sp³-hybridized carbons (Fsp3) is 0.583. The fourth-order valence-corrected chi connectivity index (χ4v) is 2.21. The van der Waals surface area contributed by atoms with Gasteiger partial charge in [0.1, 0.15) is 11.3 Å². The van der Waals surface area contributed by atoms with E-state index >= 15 is 0 Å². The van der Waals surface area contributed by atoms with Crippen LogP contribution in [0.3, 0.4) is 0 Å². The molecule has 0 aromatic carbocycles. The molecule has 0 unspecified atom stereocenters. The van der Waals surface area contributed by atoms with Gasteiger partial charge in [-0.05, 0) is 27.7 Å². The molecular formula is C12H19N5S. The van der Waals surface area contributed by atoms with Crippen molar-refractivity contribution in [3.8, 4) is 0 Å². The maximum atomic E-state index is 4.43. The molecule has 0 saturated heterocycles. The van der Waals surface area contributed by atoms with Gasteiger partial charge in [-0.2, -0.15) is 5.10 Å². The van der Waals surface area contributed by atoms with Crippen LogP contribution in [0.15, 0.2) is 11.7 Å². The molecule has 0 radical (unpaired) electrons. The minimum atomic E-state index is 0.0812. The van der Waals surface area contributed by atoms with Crippen LogP contribution in [0.25, 0.3) is 0 Å². The number of hydrogen-bond acceptors (Lipinski definition) is 5. The third kappa shape index (κ3) is 3.89. The predicted octanol–water partition coefficient (Wildman–Crippen LogP) is 1.98. The number of rotatable bonds is 4. The largest absolute Gasteiger partial charge is 0.305 e. The van der Waals surface area contributed by atoms with Crippen LogP contribution in [0, 0.1) is 6.92 Å². The summed E-state index contributed by atoms with van der Waals surface area (Å²) in [5.41, 5.74) is 1.14. The van der Waals surface area contributed by atoms with Crippen molar-refractivity contribution in [1.29, 1.82) is 0 Å². The number of aryl methyl sites for hydroxylation is 1. The standard InChI is InChI=1S/C12H19N5S/c1-9-7-18-11(15-9)6-17-8-13-10(16-17)5-14-12(2,3)4/h7-8,14H,5-6H2,1-4H3. The van der Waals surface area contributed by atoms with E-state index in [1.807, 2.05) is 17.0 Å². The Labute approximate surface area is 111 Å². The van der Waals surface area contributed by atoms with E-state index in [4.69, 9.17) is 0 Å². The van der Waals surface area contributed by atoms with E-state index < -0.39 is 0 Å². The lowest BCUT2D eigenvalue weighted by atomic mass is 10.1. The number of nitrogens with one attached hydrogen (secondary N) is 1. The summed E-state index contributed by atoms with van der Waals surface area (Å²) in [5, 5.41) is 10.9. The van der Waals surface area contributed by atoms with Crippen LogP contribution in [-0.2, 0) is 13.1 Å². The molecule has 5 nitrogen and oxygen atoms in total. The summed E-state index contributed by atoms with van der Waals surface area (Å²) < 4.78 is 1.83. The van der Waals surface area contributed by atoms with Crippen LogP contribution in [0.4, 0.5) is 0 Å². The Balaban J connectivity index is 1.94. The Kier molecular flexibility index (Phi) is 3.77. The van der Waals surface area contributed by atoms with Crippen LogP contribution < -0.4 is 5.32 Å². The Morgan fingerprint density at radius 2 is 2.17 bits per heavy atom. The molecular weight excluding hydrogens is 246 g/mol. The van der Waals surface area contributed by atoms with Crippen molar-refractivity contribution in [3.63, 3.8) is 0 Å². The van der Waals surface area contributed by atoms with Gasteiger partial charge < -0.3 is 5.32 Å². The lowest BCUT2D eigenvalue weighted by Crippen LogP contribution is -2.35. The SMILES string of the molecule is Cc1csc(Cn2cnc(CNC(C)(C)C)n2)n1. The number of nitrogens with zero attached hydrogens (tertiary/aromatic N) is 4. The van der Waals surface area contributed by atoms with E-state index in [9.17, 15) is 0 Å². The Morgan fingerprint density at radius 3 is 2.78 bits per heavy atom. The van der Waals surface area contributed by atoms with Crippen LogP contribution in [-0.4, -0.2) is 25.3 Å². The smallest absolute Gasteiger partial charge is 0.164 e. The number of thiazole rings is 1. The molecule has 0 aliphatic rings. The summed E-state index contributed by atoms with van der Waals surface area (Å²) in [7, 11) is 0. The first-order chi connectivity index (χ1) is 8.42. The first kappa shape index (κ1) is 13.2. The van der Waals surface area contributed by atoms with Crippen molar-refractivity contribution in [2.24, 2.45) is 0 Å². The summed E-state index contributed by atoms with van der Waals surface area (Å²) in [4.78, 5) is 8.70. The molecule has 18 heavy (non-hydrogen) atoms. The quantitative estimate of drug-likeness (QED) is 0.918. The van der Waals surface area contributed by atoms with Gasteiger partial charge in [-0.3, -0.25) is 0 Å². The van der Waals surface area contributed by atoms with Crippen molar-refractivity contribution in [2.75, 3.05) is 0 Å². The Bertz CT molecular complexity index is 509. The summed E-state index contributed by atoms with van der Waals surface area (Å²) in [5.74, 6) is 0.818. The zero-order valence-electron chi connectivity index (χ0n) is 11.3. The lowest BCUT2D eigenvalue weighted by molar-refractivity contribution is 0.417. The highest BCUT2D eigenvalue weighted by molar-refractivity contribution is 7.09. The van der Waals surface area contributed by atoms with Crippen molar-refractivity contribution in [1.82, 2.24) is 25.1 Å². The second-order valence-corrected chi connectivity index (χ2v) is 6.29. The molecule has 2 heterocycles. The Hall–Kier alpha value is -1.27. The van der Waals surface area contributed by atoms with Gasteiger partial charge in [-0.15, -0.1) is 11.3 Å². The second kappa shape index (κ2) is 5.16. The van der Waals surface area contributed by atoms with E-state index in [1.165, 1.54) is 0 Å². The van der Waals surface area contributed by atoms with Gasteiger partial charge >= 0.3 is 0 Å². The second-order valence-electron chi connectivity index (χ2n) is 5.34. The highest BCUT2D eigenvalue weighted by atomic mass is 32.1. The maximum Gasteiger partial charge on any atom is 0.164 e. The van der Waals surface area contributed by atoms with Crippen LogP contribution in [0.5, 0.6) is 0 Å². The highest BCUT2D eigenvalue weighted by Gasteiger charge is 2.10.